The quantitative estimate of drug-likeness (QED) is 0.638. The molecule has 3 aromatic rings. The number of aromatic nitrogens is 2. The zero-order valence-electron chi connectivity index (χ0n) is 13.2. The van der Waals surface area contributed by atoms with Crippen LogP contribution in [0.5, 0.6) is 0 Å². The van der Waals surface area contributed by atoms with Crippen LogP contribution in [-0.4, -0.2) is 19.8 Å². The van der Waals surface area contributed by atoms with E-state index in [9.17, 15) is 4.57 Å². The highest BCUT2D eigenvalue weighted by Gasteiger charge is 2.12. The largest absolute Gasteiger partial charge is 0.329 e. The van der Waals surface area contributed by atoms with Gasteiger partial charge in [-0.15, -0.1) is 24.8 Å². The molecule has 2 N–H and O–H groups in total. The second kappa shape index (κ2) is 11.7. The van der Waals surface area contributed by atoms with Gasteiger partial charge < -0.3 is 9.79 Å². The first-order chi connectivity index (χ1) is 11.0. The standard InChI is InChI=1S/C10H8N2.C7H9O3P.2ClH/c1-5-11-6-2-9(1)10-3-7-12-8-4-10;8-11(9,10)6-7-4-2-1-3-5-7;;/h1-8H;1-5H,6H2,(H2,8,9,10);2*1H. The van der Waals surface area contributed by atoms with Crippen molar-refractivity contribution in [2.24, 2.45) is 0 Å². The molecule has 0 spiro atoms. The lowest BCUT2D eigenvalue weighted by atomic mass is 10.1. The van der Waals surface area contributed by atoms with Crippen molar-refractivity contribution < 1.29 is 14.4 Å². The van der Waals surface area contributed by atoms with Gasteiger partial charge in [0.25, 0.3) is 0 Å². The zero-order chi connectivity index (χ0) is 16.5. The first kappa shape index (κ1) is 23.2. The molecule has 2 heterocycles. The Kier molecular flexibility index (Phi) is 10.9. The molecular weight excluding hydrogens is 382 g/mol. The predicted octanol–water partition coefficient (Wildman–Crippen LogP) is 4.35. The maximum absolute atomic E-state index is 10.5. The normalized spacial score (nSPS) is 9.68. The van der Waals surface area contributed by atoms with Crippen LogP contribution in [0.4, 0.5) is 0 Å². The van der Waals surface area contributed by atoms with Crippen molar-refractivity contribution in [3.05, 3.63) is 84.9 Å². The summed E-state index contributed by atoms with van der Waals surface area (Å²) in [5, 5.41) is 0. The highest BCUT2D eigenvalue weighted by molar-refractivity contribution is 7.50. The van der Waals surface area contributed by atoms with Crippen molar-refractivity contribution in [2.45, 2.75) is 6.16 Å². The second-order valence-corrected chi connectivity index (χ2v) is 6.43. The van der Waals surface area contributed by atoms with Crippen molar-refractivity contribution in [3.8, 4) is 11.1 Å². The van der Waals surface area contributed by atoms with Gasteiger partial charge in [-0.05, 0) is 41.0 Å². The summed E-state index contributed by atoms with van der Waals surface area (Å²) in [6.45, 7) is 0. The lowest BCUT2D eigenvalue weighted by Crippen LogP contribution is -1.84. The Morgan fingerprint density at radius 1 is 0.720 bits per heavy atom. The summed E-state index contributed by atoms with van der Waals surface area (Å²) in [5.41, 5.74) is 3.01. The average molecular weight is 401 g/mol. The molecule has 0 amide bonds. The van der Waals surface area contributed by atoms with Crippen LogP contribution in [0, 0.1) is 0 Å². The summed E-state index contributed by atoms with van der Waals surface area (Å²) in [6.07, 6.45) is 6.98. The van der Waals surface area contributed by atoms with E-state index in [4.69, 9.17) is 9.79 Å². The molecule has 0 fully saturated rings. The fourth-order valence-electron chi connectivity index (χ4n) is 1.91. The molecule has 0 atom stereocenters. The van der Waals surface area contributed by atoms with Crippen molar-refractivity contribution in [2.75, 3.05) is 0 Å². The van der Waals surface area contributed by atoms with Crippen LogP contribution in [0.1, 0.15) is 5.56 Å². The first-order valence-corrected chi connectivity index (χ1v) is 8.73. The Balaban J connectivity index is 0.000000429. The predicted molar refractivity (Wildman–Crippen MR) is 104 cm³/mol. The first-order valence-electron chi connectivity index (χ1n) is 6.93. The molecule has 8 heteroatoms. The van der Waals surface area contributed by atoms with Crippen LogP contribution in [0.3, 0.4) is 0 Å². The van der Waals surface area contributed by atoms with Gasteiger partial charge in [-0.25, -0.2) is 0 Å². The van der Waals surface area contributed by atoms with Crippen LogP contribution in [0.25, 0.3) is 11.1 Å². The highest BCUT2D eigenvalue weighted by atomic mass is 35.5. The van der Waals surface area contributed by atoms with E-state index in [0.717, 1.165) is 0 Å². The van der Waals surface area contributed by atoms with Gasteiger partial charge in [-0.1, -0.05) is 30.3 Å². The second-order valence-electron chi connectivity index (χ2n) is 4.78. The van der Waals surface area contributed by atoms with Crippen molar-refractivity contribution >= 4 is 32.4 Å². The molecule has 0 saturated carbocycles. The van der Waals surface area contributed by atoms with Gasteiger partial charge in [-0.3, -0.25) is 14.5 Å². The Labute approximate surface area is 159 Å². The monoisotopic (exact) mass is 400 g/mol. The summed E-state index contributed by atoms with van der Waals surface area (Å²) in [6, 6.07) is 16.6. The Bertz CT molecular complexity index is 719. The number of hydrogen-bond acceptors (Lipinski definition) is 3. The van der Waals surface area contributed by atoms with Gasteiger partial charge in [0.05, 0.1) is 6.16 Å². The van der Waals surface area contributed by atoms with E-state index in [1.54, 1.807) is 49.1 Å². The number of halogens is 2. The van der Waals surface area contributed by atoms with Gasteiger partial charge in [0.2, 0.25) is 0 Å². The molecule has 2 aromatic heterocycles. The minimum atomic E-state index is -3.89. The SMILES string of the molecule is Cl.Cl.O=P(O)(O)Cc1ccccc1.c1cc(-c2ccncc2)ccn1. The van der Waals surface area contributed by atoms with E-state index in [0.29, 0.717) is 5.56 Å². The number of rotatable bonds is 3. The van der Waals surface area contributed by atoms with Crippen molar-refractivity contribution in [1.82, 2.24) is 9.97 Å². The van der Waals surface area contributed by atoms with Gasteiger partial charge in [0.1, 0.15) is 0 Å². The maximum Gasteiger partial charge on any atom is 0.329 e. The number of pyridine rings is 2. The molecule has 0 unspecified atom stereocenters. The van der Waals surface area contributed by atoms with Crippen molar-refractivity contribution in [3.63, 3.8) is 0 Å². The van der Waals surface area contributed by atoms with Gasteiger partial charge in [0.15, 0.2) is 0 Å². The molecular formula is C17H19Cl2N2O3P. The molecule has 3 rings (SSSR count). The van der Waals surface area contributed by atoms with E-state index < -0.39 is 7.60 Å². The zero-order valence-corrected chi connectivity index (χ0v) is 15.7. The third-order valence-corrected chi connectivity index (χ3v) is 3.70. The fourth-order valence-corrected chi connectivity index (χ4v) is 2.60. The smallest absolute Gasteiger partial charge is 0.324 e. The topological polar surface area (TPSA) is 83.3 Å². The Hall–Kier alpha value is -1.75. The minimum Gasteiger partial charge on any atom is -0.324 e. The van der Waals surface area contributed by atoms with Gasteiger partial charge in [0, 0.05) is 24.8 Å². The molecule has 5 nitrogen and oxygen atoms in total. The molecule has 0 aliphatic carbocycles. The molecule has 0 saturated heterocycles. The van der Waals surface area contributed by atoms with Crippen LogP contribution in [0.15, 0.2) is 79.4 Å². The van der Waals surface area contributed by atoms with E-state index in [1.165, 1.54) is 11.1 Å². The Morgan fingerprint density at radius 2 is 1.12 bits per heavy atom. The van der Waals surface area contributed by atoms with E-state index in [1.807, 2.05) is 30.3 Å². The molecule has 0 radical (unpaired) electrons. The molecule has 0 aliphatic heterocycles. The van der Waals surface area contributed by atoms with Crippen LogP contribution in [0.2, 0.25) is 0 Å². The summed E-state index contributed by atoms with van der Waals surface area (Å²) < 4.78 is 10.5. The third kappa shape index (κ3) is 9.34. The molecule has 134 valence electrons. The van der Waals surface area contributed by atoms with Crippen molar-refractivity contribution in [1.29, 1.82) is 0 Å². The minimum absolute atomic E-state index is 0. The highest BCUT2D eigenvalue weighted by Crippen LogP contribution is 2.38. The number of benzene rings is 1. The van der Waals surface area contributed by atoms with Gasteiger partial charge >= 0.3 is 7.60 Å². The molecule has 0 bridgehead atoms. The maximum atomic E-state index is 10.5. The van der Waals surface area contributed by atoms with E-state index in [2.05, 4.69) is 9.97 Å². The molecule has 25 heavy (non-hydrogen) atoms. The summed E-state index contributed by atoms with van der Waals surface area (Å²) in [7, 11) is -3.89. The summed E-state index contributed by atoms with van der Waals surface area (Å²) >= 11 is 0. The average Bonchev–Trinajstić information content (AvgIpc) is 2.56. The third-order valence-electron chi connectivity index (χ3n) is 2.93. The number of nitrogens with zero attached hydrogens (tertiary/aromatic N) is 2. The fraction of sp³-hybridized carbons (Fsp3) is 0.0588. The van der Waals surface area contributed by atoms with E-state index in [-0.39, 0.29) is 31.0 Å². The molecule has 0 aliphatic rings. The van der Waals surface area contributed by atoms with Crippen LogP contribution >= 0.6 is 32.4 Å². The summed E-state index contributed by atoms with van der Waals surface area (Å²) in [5.74, 6) is 0. The Morgan fingerprint density at radius 3 is 1.48 bits per heavy atom. The van der Waals surface area contributed by atoms with Crippen LogP contribution in [-0.2, 0) is 10.7 Å². The van der Waals surface area contributed by atoms with Gasteiger partial charge in [-0.2, -0.15) is 0 Å². The molecule has 1 aromatic carbocycles. The van der Waals surface area contributed by atoms with Crippen LogP contribution < -0.4 is 0 Å². The van der Waals surface area contributed by atoms with E-state index >= 15 is 0 Å². The lowest BCUT2D eigenvalue weighted by molar-refractivity contribution is 0.371. The summed E-state index contributed by atoms with van der Waals surface area (Å²) in [4.78, 5) is 25.1. The lowest BCUT2D eigenvalue weighted by Gasteiger charge is -2.01. The number of hydrogen-bond donors (Lipinski definition) is 2.